The largest absolute Gasteiger partial charge is 0.486 e. The van der Waals surface area contributed by atoms with E-state index in [1.54, 1.807) is 49.7 Å². The maximum absolute atomic E-state index is 11.0. The van der Waals surface area contributed by atoms with Gasteiger partial charge in [0, 0.05) is 31.0 Å². The standard InChI is InChI=1S/C24H24ClNO5.C21H19ClN2O4/c1-15-2-7-18(8-3-15)24-19(13-29-12-16-4-5-16)21(26-31-24)14-30-22-10-17(11-23(27)28)6-9-20(22)25;1-13-3-6-15(7-4-13)21-16(11-23-2)18(24-28-21)12-27-19-9-14(10-20(25)26)5-8-17(19)22/h2-3,6-10,16H,4-5,11-14H2,1H3,(H,27,28);3-9,11H,10,12H2,1-2H3,(H,25,26). The molecule has 4 aromatic carbocycles. The average molecular weight is 841 g/mol. The predicted molar refractivity (Wildman–Crippen MR) is 223 cm³/mol. The van der Waals surface area contributed by atoms with Gasteiger partial charge in [0.15, 0.2) is 11.5 Å². The molecule has 2 N–H and O–H groups in total. The molecule has 0 unspecified atom stereocenters. The number of benzene rings is 4. The van der Waals surface area contributed by atoms with Crippen LogP contribution in [0.1, 0.15) is 57.6 Å². The van der Waals surface area contributed by atoms with Crippen LogP contribution in [0, 0.1) is 19.8 Å². The van der Waals surface area contributed by atoms with E-state index in [9.17, 15) is 9.59 Å². The summed E-state index contributed by atoms with van der Waals surface area (Å²) in [5, 5.41) is 27.1. The number of ether oxygens (including phenoxy) is 3. The number of carbonyl (C=O) groups is 2. The SMILES string of the molecule is CN=Cc1c(COc2cc(CC(=O)O)ccc2Cl)noc1-c1ccc(C)cc1.Cc1ccc(-c2onc(COc3cc(CC(=O)O)ccc3Cl)c2COCC2CC2)cc1. The summed E-state index contributed by atoms with van der Waals surface area (Å²) in [6, 6.07) is 25.8. The average Bonchev–Trinajstić information content (AvgIpc) is 3.82. The van der Waals surface area contributed by atoms with Gasteiger partial charge >= 0.3 is 11.9 Å². The first-order valence-electron chi connectivity index (χ1n) is 18.8. The van der Waals surface area contributed by atoms with Crippen molar-refractivity contribution < 1.29 is 43.1 Å². The Morgan fingerprint density at radius 2 is 1.22 bits per heavy atom. The van der Waals surface area contributed by atoms with Crippen LogP contribution in [0.4, 0.5) is 0 Å². The molecule has 0 aliphatic heterocycles. The first-order valence-corrected chi connectivity index (χ1v) is 19.6. The van der Waals surface area contributed by atoms with Crippen molar-refractivity contribution in [3.8, 4) is 34.1 Å². The molecule has 2 aromatic heterocycles. The Morgan fingerprint density at radius 1 is 0.729 bits per heavy atom. The molecule has 306 valence electrons. The van der Waals surface area contributed by atoms with Gasteiger partial charge in [-0.05, 0) is 68.0 Å². The number of aliphatic carboxylic acids is 2. The van der Waals surface area contributed by atoms with Crippen LogP contribution in [0.5, 0.6) is 11.5 Å². The van der Waals surface area contributed by atoms with E-state index in [1.807, 2.05) is 62.4 Å². The van der Waals surface area contributed by atoms with Crippen molar-refractivity contribution in [2.24, 2.45) is 10.9 Å². The first-order chi connectivity index (χ1) is 28.5. The van der Waals surface area contributed by atoms with Gasteiger partial charge in [0.2, 0.25) is 0 Å². The molecule has 0 spiro atoms. The normalized spacial score (nSPS) is 12.3. The highest BCUT2D eigenvalue weighted by Gasteiger charge is 2.24. The first kappa shape index (κ1) is 42.7. The van der Waals surface area contributed by atoms with Crippen molar-refractivity contribution >= 4 is 41.4 Å². The summed E-state index contributed by atoms with van der Waals surface area (Å²) in [5.41, 5.74) is 8.11. The van der Waals surface area contributed by atoms with Gasteiger partial charge in [0.05, 0.1) is 40.6 Å². The highest BCUT2D eigenvalue weighted by atomic mass is 35.5. The Kier molecular flexibility index (Phi) is 14.6. The minimum Gasteiger partial charge on any atom is -0.486 e. The molecule has 2 heterocycles. The van der Waals surface area contributed by atoms with Gasteiger partial charge in [-0.1, -0.05) is 105 Å². The molecule has 0 radical (unpaired) electrons. The molecule has 7 rings (SSSR count). The van der Waals surface area contributed by atoms with Crippen LogP contribution in [-0.2, 0) is 47.0 Å². The smallest absolute Gasteiger partial charge is 0.307 e. The van der Waals surface area contributed by atoms with Crippen LogP contribution >= 0.6 is 23.2 Å². The van der Waals surface area contributed by atoms with E-state index in [1.165, 1.54) is 12.8 Å². The molecule has 1 aliphatic carbocycles. The lowest BCUT2D eigenvalue weighted by Crippen LogP contribution is -2.05. The Balaban J connectivity index is 0.000000199. The quantitative estimate of drug-likeness (QED) is 0.0839. The van der Waals surface area contributed by atoms with Crippen LogP contribution in [0.15, 0.2) is 99.0 Å². The lowest BCUT2D eigenvalue weighted by Gasteiger charge is -2.10. The van der Waals surface area contributed by atoms with Crippen molar-refractivity contribution in [1.29, 1.82) is 0 Å². The summed E-state index contributed by atoms with van der Waals surface area (Å²) < 4.78 is 28.8. The second-order valence-corrected chi connectivity index (χ2v) is 14.9. The lowest BCUT2D eigenvalue weighted by atomic mass is 10.1. The fourth-order valence-corrected chi connectivity index (χ4v) is 6.28. The number of aliphatic imine (C=N–C) groups is 1. The fourth-order valence-electron chi connectivity index (χ4n) is 5.94. The number of rotatable bonds is 17. The molecule has 0 atom stereocenters. The van der Waals surface area contributed by atoms with Crippen molar-refractivity contribution in [3.63, 3.8) is 0 Å². The molecule has 14 heteroatoms. The highest BCUT2D eigenvalue weighted by Crippen LogP contribution is 2.33. The third-order valence-corrected chi connectivity index (χ3v) is 9.91. The Morgan fingerprint density at radius 3 is 1.73 bits per heavy atom. The number of hydrogen-bond donors (Lipinski definition) is 2. The molecule has 0 amide bonds. The maximum atomic E-state index is 11.0. The summed E-state index contributed by atoms with van der Waals surface area (Å²) >= 11 is 12.4. The Labute approximate surface area is 351 Å². The molecule has 0 bridgehead atoms. The van der Waals surface area contributed by atoms with E-state index in [2.05, 4.69) is 15.3 Å². The third-order valence-electron chi connectivity index (χ3n) is 9.29. The van der Waals surface area contributed by atoms with E-state index in [0.29, 0.717) is 68.1 Å². The zero-order chi connectivity index (χ0) is 41.9. The Hall–Kier alpha value is -5.95. The van der Waals surface area contributed by atoms with Crippen molar-refractivity contribution in [1.82, 2.24) is 10.3 Å². The summed E-state index contributed by atoms with van der Waals surface area (Å²) in [6.07, 6.45) is 3.90. The topological polar surface area (TPSA) is 167 Å². The summed E-state index contributed by atoms with van der Waals surface area (Å²) in [5.74, 6) is 0.884. The van der Waals surface area contributed by atoms with Crippen molar-refractivity contribution in [2.45, 2.75) is 59.4 Å². The van der Waals surface area contributed by atoms with E-state index in [4.69, 9.17) is 56.7 Å². The van der Waals surface area contributed by atoms with E-state index in [0.717, 1.165) is 40.0 Å². The summed E-state index contributed by atoms with van der Waals surface area (Å²) in [4.78, 5) is 26.0. The molecule has 6 aromatic rings. The molecule has 1 fully saturated rings. The third kappa shape index (κ3) is 12.0. The van der Waals surface area contributed by atoms with Gasteiger partial charge in [-0.25, -0.2) is 0 Å². The molecule has 0 saturated heterocycles. The summed E-state index contributed by atoms with van der Waals surface area (Å²) in [7, 11) is 1.67. The Bertz CT molecular complexity index is 2400. The number of carboxylic acid groups (broad SMARTS) is 2. The number of nitrogens with zero attached hydrogens (tertiary/aromatic N) is 3. The van der Waals surface area contributed by atoms with Crippen molar-refractivity contribution in [3.05, 3.63) is 140 Å². The molecule has 59 heavy (non-hydrogen) atoms. The van der Waals surface area contributed by atoms with Crippen LogP contribution in [0.25, 0.3) is 22.6 Å². The monoisotopic (exact) mass is 839 g/mol. The molecule has 12 nitrogen and oxygen atoms in total. The van der Waals surface area contributed by atoms with E-state index < -0.39 is 11.9 Å². The van der Waals surface area contributed by atoms with Gasteiger partial charge in [-0.3, -0.25) is 14.6 Å². The molecular formula is C45H43Cl2N3O9. The van der Waals surface area contributed by atoms with Crippen molar-refractivity contribution in [2.75, 3.05) is 13.7 Å². The van der Waals surface area contributed by atoms with Crippen LogP contribution in [-0.4, -0.2) is 52.3 Å². The second kappa shape index (κ2) is 20.1. The zero-order valence-corrected chi connectivity index (χ0v) is 34.3. The minimum absolute atomic E-state index is 0.102. The number of halogens is 2. The molecule has 1 aliphatic rings. The number of aromatic nitrogens is 2. The van der Waals surface area contributed by atoms with Gasteiger partial charge < -0.3 is 33.5 Å². The van der Waals surface area contributed by atoms with Gasteiger partial charge in [0.25, 0.3) is 0 Å². The number of carboxylic acids is 2. The maximum Gasteiger partial charge on any atom is 0.307 e. The summed E-state index contributed by atoms with van der Waals surface area (Å²) in [6.45, 7) is 5.39. The number of aryl methyl sites for hydroxylation is 2. The van der Waals surface area contributed by atoms with Crippen LogP contribution in [0.3, 0.4) is 0 Å². The molecule has 1 saturated carbocycles. The van der Waals surface area contributed by atoms with Gasteiger partial charge in [-0.2, -0.15) is 0 Å². The lowest BCUT2D eigenvalue weighted by molar-refractivity contribution is -0.137. The molecular weight excluding hydrogens is 797 g/mol. The van der Waals surface area contributed by atoms with E-state index in [-0.39, 0.29) is 26.1 Å². The van der Waals surface area contributed by atoms with Gasteiger partial charge in [-0.15, -0.1) is 0 Å². The van der Waals surface area contributed by atoms with Crippen LogP contribution < -0.4 is 9.47 Å². The van der Waals surface area contributed by atoms with Gasteiger partial charge in [0.1, 0.15) is 36.1 Å². The number of hydrogen-bond acceptors (Lipinski definition) is 10. The zero-order valence-electron chi connectivity index (χ0n) is 32.7. The minimum atomic E-state index is -0.922. The van der Waals surface area contributed by atoms with Crippen LogP contribution in [0.2, 0.25) is 10.0 Å². The van der Waals surface area contributed by atoms with E-state index >= 15 is 0 Å². The predicted octanol–water partition coefficient (Wildman–Crippen LogP) is 9.99. The second-order valence-electron chi connectivity index (χ2n) is 14.1. The fraction of sp³-hybridized carbons (Fsp3) is 0.267. The highest BCUT2D eigenvalue weighted by molar-refractivity contribution is 6.32.